The number of para-hydroxylation sites is 1. The van der Waals surface area contributed by atoms with Gasteiger partial charge in [-0.15, -0.1) is 11.3 Å². The number of anilines is 2. The number of nitrogens with one attached hydrogen (secondary N) is 1. The summed E-state index contributed by atoms with van der Waals surface area (Å²) in [5, 5.41) is 19.0. The maximum Gasteiger partial charge on any atom is 0.128 e. The second-order valence-corrected chi connectivity index (χ2v) is 8.68. The van der Waals surface area contributed by atoms with Crippen molar-refractivity contribution in [3.8, 4) is 0 Å². The third-order valence-corrected chi connectivity index (χ3v) is 6.69. The van der Waals surface area contributed by atoms with Crippen LogP contribution in [0.1, 0.15) is 21.6 Å². The van der Waals surface area contributed by atoms with Gasteiger partial charge in [-0.05, 0) is 72.8 Å². The van der Waals surface area contributed by atoms with Crippen LogP contribution in [0.5, 0.6) is 0 Å². The van der Waals surface area contributed by atoms with E-state index in [1.807, 2.05) is 74.5 Å². The van der Waals surface area contributed by atoms with Crippen molar-refractivity contribution in [3.63, 3.8) is 0 Å². The molecule has 0 aliphatic carbocycles. The lowest BCUT2D eigenvalue weighted by molar-refractivity contribution is 0.319. The molecular weight excluding hydrogens is 423 g/mol. The summed E-state index contributed by atoms with van der Waals surface area (Å²) in [5.74, 6) is 0. The number of thiophene rings is 1. The highest BCUT2D eigenvalue weighted by Gasteiger charge is 2.19. The quantitative estimate of drug-likeness (QED) is 0.193. The zero-order valence-electron chi connectivity index (χ0n) is 15.8. The number of aryl methyl sites for hydroxylation is 2. The standard InChI is InChI=1S/C23H18Cl2N2OS/c1-13-5-3-4-6-20(13)26-16-8-9-17(19(25)12-16)22(27-28)23-14(2)18-11-15(24)7-10-21(18)29-23/h3-12,26,28H,1-2H3. The molecule has 4 rings (SSSR count). The van der Waals surface area contributed by atoms with Gasteiger partial charge in [-0.25, -0.2) is 0 Å². The zero-order chi connectivity index (χ0) is 20.5. The Morgan fingerprint density at radius 2 is 1.79 bits per heavy atom. The van der Waals surface area contributed by atoms with E-state index in [-0.39, 0.29) is 0 Å². The minimum absolute atomic E-state index is 0.451. The van der Waals surface area contributed by atoms with Crippen LogP contribution >= 0.6 is 34.5 Å². The van der Waals surface area contributed by atoms with Crippen LogP contribution in [0.15, 0.2) is 65.8 Å². The Kier molecular flexibility index (Phi) is 5.50. The van der Waals surface area contributed by atoms with Crippen LogP contribution in [0.2, 0.25) is 10.0 Å². The first-order valence-electron chi connectivity index (χ1n) is 9.01. The Balaban J connectivity index is 1.72. The average molecular weight is 441 g/mol. The molecule has 146 valence electrons. The lowest BCUT2D eigenvalue weighted by atomic mass is 10.0. The highest BCUT2D eigenvalue weighted by Crippen LogP contribution is 2.36. The molecule has 0 saturated carbocycles. The Hall–Kier alpha value is -2.53. The first kappa shape index (κ1) is 19.8. The third kappa shape index (κ3) is 3.84. The van der Waals surface area contributed by atoms with Crippen molar-refractivity contribution in [2.45, 2.75) is 13.8 Å². The molecule has 3 nitrogen and oxygen atoms in total. The van der Waals surface area contributed by atoms with Crippen LogP contribution in [0.25, 0.3) is 10.1 Å². The van der Waals surface area contributed by atoms with Crippen molar-refractivity contribution in [2.24, 2.45) is 5.16 Å². The van der Waals surface area contributed by atoms with Gasteiger partial charge in [0.25, 0.3) is 0 Å². The molecule has 0 unspecified atom stereocenters. The molecule has 0 amide bonds. The van der Waals surface area contributed by atoms with Gasteiger partial charge in [-0.1, -0.05) is 46.6 Å². The summed E-state index contributed by atoms with van der Waals surface area (Å²) < 4.78 is 1.08. The molecule has 1 heterocycles. The van der Waals surface area contributed by atoms with E-state index in [1.165, 1.54) is 0 Å². The van der Waals surface area contributed by atoms with Crippen LogP contribution in [0.3, 0.4) is 0 Å². The Bertz CT molecular complexity index is 1250. The summed E-state index contributed by atoms with van der Waals surface area (Å²) in [6.45, 7) is 4.04. The molecule has 3 aromatic carbocycles. The number of benzene rings is 3. The van der Waals surface area contributed by atoms with Crippen molar-refractivity contribution >= 4 is 61.7 Å². The van der Waals surface area contributed by atoms with Crippen molar-refractivity contribution in [2.75, 3.05) is 5.32 Å². The van der Waals surface area contributed by atoms with E-state index in [0.717, 1.165) is 37.5 Å². The van der Waals surface area contributed by atoms with Crippen molar-refractivity contribution in [1.82, 2.24) is 0 Å². The molecule has 1 aromatic heterocycles. The van der Waals surface area contributed by atoms with Crippen molar-refractivity contribution < 1.29 is 5.21 Å². The molecule has 0 atom stereocenters. The Morgan fingerprint density at radius 3 is 2.52 bits per heavy atom. The summed E-state index contributed by atoms with van der Waals surface area (Å²) >= 11 is 14.3. The average Bonchev–Trinajstić information content (AvgIpc) is 3.02. The zero-order valence-corrected chi connectivity index (χ0v) is 18.2. The molecule has 29 heavy (non-hydrogen) atoms. The summed E-state index contributed by atoms with van der Waals surface area (Å²) in [6, 6.07) is 19.5. The Morgan fingerprint density at radius 1 is 1.00 bits per heavy atom. The second-order valence-electron chi connectivity index (χ2n) is 6.78. The fourth-order valence-electron chi connectivity index (χ4n) is 3.29. The highest BCUT2D eigenvalue weighted by atomic mass is 35.5. The molecule has 0 spiro atoms. The number of nitrogens with zero attached hydrogens (tertiary/aromatic N) is 1. The van der Waals surface area contributed by atoms with E-state index in [2.05, 4.69) is 10.5 Å². The summed E-state index contributed by atoms with van der Waals surface area (Å²) in [6.07, 6.45) is 0. The van der Waals surface area contributed by atoms with E-state index in [9.17, 15) is 5.21 Å². The fourth-order valence-corrected chi connectivity index (χ4v) is 4.92. The number of oxime groups is 1. The summed E-state index contributed by atoms with van der Waals surface area (Å²) in [7, 11) is 0. The normalized spacial score (nSPS) is 11.8. The molecule has 0 aliphatic heterocycles. The number of rotatable bonds is 4. The van der Waals surface area contributed by atoms with Gasteiger partial charge in [-0.2, -0.15) is 0 Å². The van der Waals surface area contributed by atoms with E-state index in [4.69, 9.17) is 23.2 Å². The molecular formula is C23H18Cl2N2OS. The minimum atomic E-state index is 0.451. The highest BCUT2D eigenvalue weighted by molar-refractivity contribution is 7.21. The fraction of sp³-hybridized carbons (Fsp3) is 0.0870. The van der Waals surface area contributed by atoms with Gasteiger partial charge in [-0.3, -0.25) is 0 Å². The van der Waals surface area contributed by atoms with Gasteiger partial charge in [0, 0.05) is 26.7 Å². The monoisotopic (exact) mass is 440 g/mol. The number of hydrogen-bond donors (Lipinski definition) is 2. The lowest BCUT2D eigenvalue weighted by Gasteiger charge is -2.12. The number of hydrogen-bond acceptors (Lipinski definition) is 4. The van der Waals surface area contributed by atoms with Gasteiger partial charge in [0.05, 0.1) is 9.90 Å². The molecule has 6 heteroatoms. The van der Waals surface area contributed by atoms with Crippen LogP contribution < -0.4 is 5.32 Å². The van der Waals surface area contributed by atoms with E-state index in [0.29, 0.717) is 21.3 Å². The molecule has 0 bridgehead atoms. The largest absolute Gasteiger partial charge is 0.410 e. The Labute approximate surface area is 183 Å². The predicted molar refractivity (Wildman–Crippen MR) is 125 cm³/mol. The molecule has 4 aromatic rings. The third-order valence-electron chi connectivity index (χ3n) is 4.86. The second kappa shape index (κ2) is 8.07. The minimum Gasteiger partial charge on any atom is -0.410 e. The van der Waals surface area contributed by atoms with E-state index < -0.39 is 0 Å². The van der Waals surface area contributed by atoms with E-state index >= 15 is 0 Å². The molecule has 0 aliphatic rings. The SMILES string of the molecule is Cc1ccccc1Nc1ccc(C(=NO)c2sc3ccc(Cl)cc3c2C)c(Cl)c1. The van der Waals surface area contributed by atoms with Gasteiger partial charge < -0.3 is 10.5 Å². The predicted octanol–water partition coefficient (Wildman–Crippen LogP) is 7.80. The van der Waals surface area contributed by atoms with Crippen LogP contribution in [-0.4, -0.2) is 10.9 Å². The molecule has 0 saturated heterocycles. The first-order chi connectivity index (χ1) is 14.0. The lowest BCUT2D eigenvalue weighted by Crippen LogP contribution is -2.04. The van der Waals surface area contributed by atoms with Crippen LogP contribution in [0.4, 0.5) is 11.4 Å². The molecule has 0 fully saturated rings. The summed E-state index contributed by atoms with van der Waals surface area (Å²) in [4.78, 5) is 0.867. The maximum absolute atomic E-state index is 9.80. The van der Waals surface area contributed by atoms with Gasteiger partial charge in [0.1, 0.15) is 5.71 Å². The topological polar surface area (TPSA) is 44.6 Å². The van der Waals surface area contributed by atoms with Gasteiger partial charge in [0.15, 0.2) is 0 Å². The van der Waals surface area contributed by atoms with Crippen molar-refractivity contribution in [3.05, 3.63) is 92.3 Å². The van der Waals surface area contributed by atoms with Crippen molar-refractivity contribution in [1.29, 1.82) is 0 Å². The molecule has 0 radical (unpaired) electrons. The van der Waals surface area contributed by atoms with Crippen LogP contribution in [0, 0.1) is 13.8 Å². The van der Waals surface area contributed by atoms with E-state index in [1.54, 1.807) is 11.3 Å². The van der Waals surface area contributed by atoms with Gasteiger partial charge >= 0.3 is 0 Å². The van der Waals surface area contributed by atoms with Crippen LogP contribution in [-0.2, 0) is 0 Å². The maximum atomic E-state index is 9.80. The van der Waals surface area contributed by atoms with Gasteiger partial charge in [0.2, 0.25) is 0 Å². The number of halogens is 2. The number of fused-ring (bicyclic) bond motifs is 1. The smallest absolute Gasteiger partial charge is 0.128 e. The molecule has 2 N–H and O–H groups in total. The summed E-state index contributed by atoms with van der Waals surface area (Å²) in [5.41, 5.74) is 5.16. The first-order valence-corrected chi connectivity index (χ1v) is 10.6.